The van der Waals surface area contributed by atoms with E-state index in [0.29, 0.717) is 41.4 Å². The van der Waals surface area contributed by atoms with Crippen LogP contribution >= 0.6 is 23.4 Å². The first-order valence-corrected chi connectivity index (χ1v) is 11.3. The molecule has 0 bridgehead atoms. The maximum Gasteiger partial charge on any atom is 0.248 e. The number of hydrogen-bond acceptors (Lipinski definition) is 5. The van der Waals surface area contributed by atoms with Crippen LogP contribution in [0.4, 0.5) is 5.69 Å². The first-order chi connectivity index (χ1) is 14.4. The number of hydrogen-bond donors (Lipinski definition) is 1. The Morgan fingerprint density at radius 2 is 1.97 bits per heavy atom. The molecule has 158 valence electrons. The average Bonchev–Trinajstić information content (AvgIpc) is 3.21. The van der Waals surface area contributed by atoms with Crippen molar-refractivity contribution in [1.29, 1.82) is 0 Å². The van der Waals surface area contributed by atoms with Crippen LogP contribution in [-0.4, -0.2) is 47.6 Å². The van der Waals surface area contributed by atoms with E-state index in [0.717, 1.165) is 16.8 Å². The normalized spacial score (nSPS) is 17.7. The number of carbonyl (C=O) groups excluding carboxylic acids is 2. The Morgan fingerprint density at radius 3 is 2.77 bits per heavy atom. The van der Waals surface area contributed by atoms with E-state index in [2.05, 4.69) is 5.32 Å². The topological polar surface area (TPSA) is 67.9 Å². The molecule has 2 aromatic rings. The summed E-state index contributed by atoms with van der Waals surface area (Å²) < 4.78 is 11.1. The lowest BCUT2D eigenvalue weighted by atomic mass is 10.1. The van der Waals surface area contributed by atoms with Crippen LogP contribution in [0.1, 0.15) is 16.7 Å². The van der Waals surface area contributed by atoms with Gasteiger partial charge in [-0.1, -0.05) is 17.7 Å². The molecule has 4 rings (SSSR count). The predicted molar refractivity (Wildman–Crippen MR) is 119 cm³/mol. The minimum absolute atomic E-state index is 0.118. The monoisotopic (exact) mass is 446 g/mol. The highest BCUT2D eigenvalue weighted by Gasteiger charge is 2.34. The lowest BCUT2D eigenvalue weighted by molar-refractivity contribution is -0.135. The quantitative estimate of drug-likeness (QED) is 0.773. The zero-order chi connectivity index (χ0) is 21.3. The molecule has 2 heterocycles. The fourth-order valence-corrected chi connectivity index (χ4v) is 4.96. The van der Waals surface area contributed by atoms with Gasteiger partial charge in [0.15, 0.2) is 11.5 Å². The number of nitrogens with zero attached hydrogens (tertiary/aromatic N) is 1. The van der Waals surface area contributed by atoms with Crippen molar-refractivity contribution in [3.05, 3.63) is 52.0 Å². The molecular formula is C22H23ClN2O4S. The molecule has 2 amide bonds. The Hall–Kier alpha value is -2.38. The second-order valence-corrected chi connectivity index (χ2v) is 8.85. The fraction of sp³-hybridized carbons (Fsp3) is 0.364. The second kappa shape index (κ2) is 8.78. The summed E-state index contributed by atoms with van der Waals surface area (Å²) in [6.45, 7) is 4.93. The maximum atomic E-state index is 13.0. The van der Waals surface area contributed by atoms with Crippen LogP contribution in [0.15, 0.2) is 30.3 Å². The van der Waals surface area contributed by atoms with Gasteiger partial charge in [0.25, 0.3) is 0 Å². The molecule has 8 heteroatoms. The van der Waals surface area contributed by atoms with E-state index in [1.165, 1.54) is 5.56 Å². The van der Waals surface area contributed by atoms with Crippen LogP contribution < -0.4 is 14.8 Å². The molecule has 1 unspecified atom stereocenters. The van der Waals surface area contributed by atoms with E-state index >= 15 is 0 Å². The molecule has 0 spiro atoms. The molecule has 1 atom stereocenters. The Bertz CT molecular complexity index is 997. The van der Waals surface area contributed by atoms with Crippen molar-refractivity contribution < 1.29 is 19.1 Å². The van der Waals surface area contributed by atoms with Gasteiger partial charge < -0.3 is 19.7 Å². The lowest BCUT2D eigenvalue weighted by Gasteiger charge is -2.24. The van der Waals surface area contributed by atoms with E-state index in [9.17, 15) is 9.59 Å². The summed E-state index contributed by atoms with van der Waals surface area (Å²) in [7, 11) is 0. The summed E-state index contributed by atoms with van der Waals surface area (Å²) in [6, 6.07) is 8.80. The van der Waals surface area contributed by atoms with Crippen LogP contribution in [0.2, 0.25) is 5.02 Å². The van der Waals surface area contributed by atoms with Crippen LogP contribution in [0.3, 0.4) is 0 Å². The number of anilines is 1. The van der Waals surface area contributed by atoms with Crippen LogP contribution in [0.25, 0.3) is 0 Å². The number of amides is 2. The first kappa shape index (κ1) is 20.9. The van der Waals surface area contributed by atoms with Crippen molar-refractivity contribution in [2.24, 2.45) is 0 Å². The summed E-state index contributed by atoms with van der Waals surface area (Å²) in [4.78, 5) is 27.5. The summed E-state index contributed by atoms with van der Waals surface area (Å²) in [5, 5.41) is 3.37. The van der Waals surface area contributed by atoms with E-state index in [-0.39, 0.29) is 18.2 Å². The van der Waals surface area contributed by atoms with E-state index in [1.54, 1.807) is 28.8 Å². The van der Waals surface area contributed by atoms with Crippen molar-refractivity contribution in [1.82, 2.24) is 4.90 Å². The third-order valence-corrected chi connectivity index (χ3v) is 6.58. The second-order valence-electron chi connectivity index (χ2n) is 7.45. The molecule has 1 saturated heterocycles. The van der Waals surface area contributed by atoms with Crippen molar-refractivity contribution in [3.8, 4) is 11.5 Å². The highest BCUT2D eigenvalue weighted by Crippen LogP contribution is 2.38. The largest absolute Gasteiger partial charge is 0.486 e. The van der Waals surface area contributed by atoms with Crippen LogP contribution in [-0.2, 0) is 16.0 Å². The number of rotatable bonds is 4. The zero-order valence-corrected chi connectivity index (χ0v) is 18.4. The smallest absolute Gasteiger partial charge is 0.248 e. The van der Waals surface area contributed by atoms with Crippen LogP contribution in [0.5, 0.6) is 11.5 Å². The van der Waals surface area contributed by atoms with Gasteiger partial charge in [-0.3, -0.25) is 9.59 Å². The summed E-state index contributed by atoms with van der Waals surface area (Å²) in [5.41, 5.74) is 3.75. The SMILES string of the molecule is Cc1ccc(NC(=O)C2CSCN2C(=O)Cc2cc(Cl)c3c(c2)OCCO3)cc1C. The lowest BCUT2D eigenvalue weighted by Crippen LogP contribution is -2.45. The first-order valence-electron chi connectivity index (χ1n) is 9.75. The Balaban J connectivity index is 1.45. The number of halogens is 1. The van der Waals surface area contributed by atoms with Gasteiger partial charge in [0.1, 0.15) is 19.3 Å². The molecule has 1 N–H and O–H groups in total. The molecule has 2 aliphatic heterocycles. The third kappa shape index (κ3) is 4.37. The molecule has 2 aliphatic rings. The van der Waals surface area contributed by atoms with Gasteiger partial charge in [-0.15, -0.1) is 11.8 Å². The van der Waals surface area contributed by atoms with Gasteiger partial charge in [-0.2, -0.15) is 0 Å². The molecule has 6 nitrogen and oxygen atoms in total. The molecule has 0 aliphatic carbocycles. The Labute approximate surface area is 184 Å². The molecule has 0 aromatic heterocycles. The van der Waals surface area contributed by atoms with Gasteiger partial charge in [0, 0.05) is 11.4 Å². The summed E-state index contributed by atoms with van der Waals surface area (Å²) in [6.07, 6.45) is 0.143. The average molecular weight is 447 g/mol. The van der Waals surface area contributed by atoms with E-state index in [1.807, 2.05) is 32.0 Å². The van der Waals surface area contributed by atoms with Gasteiger partial charge in [-0.25, -0.2) is 0 Å². The van der Waals surface area contributed by atoms with Crippen molar-refractivity contribution >= 4 is 40.9 Å². The van der Waals surface area contributed by atoms with Gasteiger partial charge >= 0.3 is 0 Å². The Morgan fingerprint density at radius 1 is 1.17 bits per heavy atom. The molecule has 0 saturated carbocycles. The van der Waals surface area contributed by atoms with Crippen LogP contribution in [0, 0.1) is 13.8 Å². The minimum Gasteiger partial charge on any atom is -0.486 e. The Kier molecular flexibility index (Phi) is 6.11. The van der Waals surface area contributed by atoms with E-state index < -0.39 is 6.04 Å². The summed E-state index contributed by atoms with van der Waals surface area (Å²) in [5.74, 6) is 1.84. The third-order valence-electron chi connectivity index (χ3n) is 5.29. The van der Waals surface area contributed by atoms with Gasteiger partial charge in [-0.05, 0) is 54.8 Å². The maximum absolute atomic E-state index is 13.0. The molecule has 30 heavy (non-hydrogen) atoms. The highest BCUT2D eigenvalue weighted by atomic mass is 35.5. The number of ether oxygens (including phenoxy) is 2. The summed E-state index contributed by atoms with van der Waals surface area (Å²) >= 11 is 7.86. The van der Waals surface area contributed by atoms with Gasteiger partial charge in [0.2, 0.25) is 11.8 Å². The molecular weight excluding hydrogens is 424 g/mol. The minimum atomic E-state index is -0.503. The number of nitrogens with one attached hydrogen (secondary N) is 1. The molecule has 1 fully saturated rings. The van der Waals surface area contributed by atoms with Crippen molar-refractivity contribution in [2.45, 2.75) is 26.3 Å². The van der Waals surface area contributed by atoms with Crippen molar-refractivity contribution in [3.63, 3.8) is 0 Å². The number of thioether (sulfide) groups is 1. The number of fused-ring (bicyclic) bond motifs is 1. The highest BCUT2D eigenvalue weighted by molar-refractivity contribution is 7.99. The standard InChI is InChI=1S/C22H23ClN2O4S/c1-13-3-4-16(7-14(13)2)24-22(27)18-11-30-12-25(18)20(26)10-15-8-17(23)21-19(9-15)28-5-6-29-21/h3-4,7-9,18H,5-6,10-12H2,1-2H3,(H,24,27). The number of aryl methyl sites for hydroxylation is 2. The van der Waals surface area contributed by atoms with Crippen molar-refractivity contribution in [2.75, 3.05) is 30.2 Å². The van der Waals surface area contributed by atoms with E-state index in [4.69, 9.17) is 21.1 Å². The number of carbonyl (C=O) groups is 2. The number of benzene rings is 2. The predicted octanol–water partition coefficient (Wildman–Crippen LogP) is 3.81. The molecule has 0 radical (unpaired) electrons. The fourth-order valence-electron chi connectivity index (χ4n) is 3.49. The molecule has 2 aromatic carbocycles. The zero-order valence-electron chi connectivity index (χ0n) is 16.9. The van der Waals surface area contributed by atoms with Gasteiger partial charge in [0.05, 0.1) is 17.3 Å².